The van der Waals surface area contributed by atoms with E-state index in [9.17, 15) is 9.59 Å². The number of aromatic amines is 4. The van der Waals surface area contributed by atoms with E-state index in [4.69, 9.17) is 9.47 Å². The largest absolute Gasteiger partial charge is 0.493 e. The summed E-state index contributed by atoms with van der Waals surface area (Å²) >= 11 is 3.58. The van der Waals surface area contributed by atoms with Gasteiger partial charge in [0.05, 0.1) is 41.2 Å². The van der Waals surface area contributed by atoms with Gasteiger partial charge in [0.25, 0.3) is 11.1 Å². The SMILES string of the molecule is COc1cc(C(c2c(-c3ccc(C)cc3)[nH][nH]c2=O)c2c(-c3ccc(C)cc3)[nH][nH]c2=O)cc(Br)c1OC. The molecule has 0 saturated carbocycles. The molecule has 8 nitrogen and oxygen atoms in total. The van der Waals surface area contributed by atoms with Crippen LogP contribution in [0.3, 0.4) is 0 Å². The van der Waals surface area contributed by atoms with E-state index in [0.717, 1.165) is 22.3 Å². The monoisotopic (exact) mass is 574 g/mol. The summed E-state index contributed by atoms with van der Waals surface area (Å²) in [6.07, 6.45) is 0. The maximum Gasteiger partial charge on any atom is 0.268 e. The second-order valence-corrected chi connectivity index (χ2v) is 9.99. The Labute approximate surface area is 227 Å². The van der Waals surface area contributed by atoms with Crippen LogP contribution in [0.2, 0.25) is 0 Å². The van der Waals surface area contributed by atoms with Gasteiger partial charge in [-0.1, -0.05) is 59.7 Å². The van der Waals surface area contributed by atoms with Gasteiger partial charge in [-0.25, -0.2) is 0 Å². The Morgan fingerprint density at radius 1 is 0.684 bits per heavy atom. The second kappa shape index (κ2) is 10.3. The zero-order valence-corrected chi connectivity index (χ0v) is 22.9. The predicted molar refractivity (Wildman–Crippen MR) is 151 cm³/mol. The van der Waals surface area contributed by atoms with Crippen LogP contribution < -0.4 is 20.6 Å². The molecular weight excluding hydrogens is 548 g/mol. The van der Waals surface area contributed by atoms with Crippen molar-refractivity contribution in [2.45, 2.75) is 19.8 Å². The number of aryl methyl sites for hydroxylation is 2. The molecule has 0 spiro atoms. The molecule has 9 heteroatoms. The van der Waals surface area contributed by atoms with Crippen molar-refractivity contribution in [1.29, 1.82) is 0 Å². The molecule has 0 aliphatic heterocycles. The van der Waals surface area contributed by atoms with Crippen molar-refractivity contribution in [2.75, 3.05) is 14.2 Å². The van der Waals surface area contributed by atoms with Crippen molar-refractivity contribution in [2.24, 2.45) is 0 Å². The van der Waals surface area contributed by atoms with Crippen LogP contribution in [-0.4, -0.2) is 34.6 Å². The molecule has 0 aliphatic rings. The summed E-state index contributed by atoms with van der Waals surface area (Å²) in [5.74, 6) is 0.219. The van der Waals surface area contributed by atoms with Gasteiger partial charge < -0.3 is 9.47 Å². The second-order valence-electron chi connectivity index (χ2n) is 9.14. The van der Waals surface area contributed by atoms with Gasteiger partial charge in [0, 0.05) is 5.92 Å². The number of H-pyrrole nitrogens is 4. The van der Waals surface area contributed by atoms with E-state index in [1.807, 2.05) is 68.4 Å². The Bertz CT molecular complexity index is 1610. The number of halogens is 1. The third kappa shape index (κ3) is 4.50. The first-order valence-corrected chi connectivity index (χ1v) is 12.8. The van der Waals surface area contributed by atoms with E-state index < -0.39 is 5.92 Å². The smallest absolute Gasteiger partial charge is 0.268 e. The summed E-state index contributed by atoms with van der Waals surface area (Å²) in [7, 11) is 3.10. The number of rotatable bonds is 7. The number of hydrogen-bond acceptors (Lipinski definition) is 4. The number of methoxy groups -OCH3 is 2. The minimum atomic E-state index is -0.760. The first-order valence-electron chi connectivity index (χ1n) is 12.0. The summed E-state index contributed by atoms with van der Waals surface area (Å²) in [6, 6.07) is 19.3. The fourth-order valence-electron chi connectivity index (χ4n) is 4.76. The Kier molecular flexibility index (Phi) is 6.86. The van der Waals surface area contributed by atoms with E-state index >= 15 is 0 Å². The molecule has 0 amide bonds. The summed E-state index contributed by atoms with van der Waals surface area (Å²) in [5, 5.41) is 11.6. The molecule has 4 N–H and O–H groups in total. The molecule has 0 saturated heterocycles. The van der Waals surface area contributed by atoms with E-state index in [1.165, 1.54) is 0 Å². The molecule has 5 aromatic rings. The maximum absolute atomic E-state index is 13.5. The average molecular weight is 575 g/mol. The Hall–Kier alpha value is -4.24. The number of nitrogens with one attached hydrogen (secondary N) is 4. The molecule has 5 rings (SSSR count). The first kappa shape index (κ1) is 25.4. The van der Waals surface area contributed by atoms with Gasteiger partial charge in [0.15, 0.2) is 11.5 Å². The highest BCUT2D eigenvalue weighted by molar-refractivity contribution is 9.10. The highest BCUT2D eigenvalue weighted by Crippen LogP contribution is 2.43. The van der Waals surface area contributed by atoms with Crippen LogP contribution in [0, 0.1) is 13.8 Å². The highest BCUT2D eigenvalue weighted by Gasteiger charge is 2.32. The van der Waals surface area contributed by atoms with Gasteiger partial charge in [-0.15, -0.1) is 0 Å². The van der Waals surface area contributed by atoms with Crippen LogP contribution in [0.4, 0.5) is 0 Å². The van der Waals surface area contributed by atoms with Gasteiger partial charge in [0.1, 0.15) is 0 Å². The van der Waals surface area contributed by atoms with E-state index in [0.29, 0.717) is 44.0 Å². The van der Waals surface area contributed by atoms with Crippen molar-refractivity contribution < 1.29 is 9.47 Å². The molecule has 0 aliphatic carbocycles. The van der Waals surface area contributed by atoms with Crippen molar-refractivity contribution in [3.8, 4) is 34.0 Å². The molecule has 38 heavy (non-hydrogen) atoms. The molecule has 0 atom stereocenters. The molecule has 2 aromatic heterocycles. The Morgan fingerprint density at radius 3 is 1.58 bits per heavy atom. The van der Waals surface area contributed by atoms with Crippen LogP contribution in [0.15, 0.2) is 74.7 Å². The number of benzene rings is 3. The Morgan fingerprint density at radius 2 is 1.16 bits per heavy atom. The van der Waals surface area contributed by atoms with Gasteiger partial charge in [0.2, 0.25) is 0 Å². The molecule has 0 bridgehead atoms. The lowest BCUT2D eigenvalue weighted by Crippen LogP contribution is -2.20. The highest BCUT2D eigenvalue weighted by atomic mass is 79.9. The minimum Gasteiger partial charge on any atom is -0.493 e. The fraction of sp³-hybridized carbons (Fsp3) is 0.172. The summed E-state index contributed by atoms with van der Waals surface area (Å²) in [4.78, 5) is 27.0. The van der Waals surface area contributed by atoms with E-state index in [2.05, 4.69) is 36.3 Å². The fourth-order valence-corrected chi connectivity index (χ4v) is 5.39. The van der Waals surface area contributed by atoms with E-state index in [1.54, 1.807) is 20.3 Å². The maximum atomic E-state index is 13.5. The predicted octanol–water partition coefficient (Wildman–Crippen LogP) is 5.63. The minimum absolute atomic E-state index is 0.327. The van der Waals surface area contributed by atoms with Crippen LogP contribution in [0.25, 0.3) is 22.5 Å². The van der Waals surface area contributed by atoms with Crippen LogP contribution in [0.5, 0.6) is 11.5 Å². The number of ether oxygens (including phenoxy) is 2. The normalized spacial score (nSPS) is 11.2. The molecule has 0 unspecified atom stereocenters. The molecule has 194 valence electrons. The lowest BCUT2D eigenvalue weighted by atomic mass is 9.83. The quantitative estimate of drug-likeness (QED) is 0.201. The van der Waals surface area contributed by atoms with E-state index in [-0.39, 0.29) is 11.1 Å². The molecule has 3 aromatic carbocycles. The lowest BCUT2D eigenvalue weighted by molar-refractivity contribution is 0.352. The molecule has 2 heterocycles. The van der Waals surface area contributed by atoms with Gasteiger partial charge in [-0.3, -0.25) is 30.0 Å². The number of hydrogen-bond donors (Lipinski definition) is 4. The zero-order chi connectivity index (χ0) is 27.0. The van der Waals surface area contributed by atoms with Crippen molar-refractivity contribution in [3.63, 3.8) is 0 Å². The third-order valence-electron chi connectivity index (χ3n) is 6.68. The third-order valence-corrected chi connectivity index (χ3v) is 7.27. The van der Waals surface area contributed by atoms with Gasteiger partial charge in [-0.2, -0.15) is 0 Å². The van der Waals surface area contributed by atoms with Crippen LogP contribution in [-0.2, 0) is 0 Å². The lowest BCUT2D eigenvalue weighted by Gasteiger charge is -2.20. The topological polar surface area (TPSA) is 116 Å². The summed E-state index contributed by atoms with van der Waals surface area (Å²) in [5.41, 5.74) is 5.86. The first-order chi connectivity index (χ1) is 18.3. The van der Waals surface area contributed by atoms with Crippen molar-refractivity contribution >= 4 is 15.9 Å². The standard InChI is InChI=1S/C29H27BrN4O4/c1-15-5-9-17(10-6-15)25-23(28(35)33-31-25)22(19-13-20(30)27(38-4)21(14-19)37-3)24-26(32-34-29(24)36)18-11-7-16(2)8-12-18/h5-14,22H,1-4H3,(H2,31,33,35)(H2,32,34,36). The number of aromatic nitrogens is 4. The average Bonchev–Trinajstić information content (AvgIpc) is 3.48. The summed E-state index contributed by atoms with van der Waals surface area (Å²) < 4.78 is 11.8. The van der Waals surface area contributed by atoms with Crippen molar-refractivity contribution in [1.82, 2.24) is 20.4 Å². The van der Waals surface area contributed by atoms with Crippen molar-refractivity contribution in [3.05, 3.63) is 114 Å². The van der Waals surface area contributed by atoms with Crippen LogP contribution >= 0.6 is 15.9 Å². The molecule has 0 fully saturated rings. The van der Waals surface area contributed by atoms with Gasteiger partial charge >= 0.3 is 0 Å². The van der Waals surface area contributed by atoms with Gasteiger partial charge in [-0.05, 0) is 58.6 Å². The summed E-state index contributed by atoms with van der Waals surface area (Å²) in [6.45, 7) is 4.00. The molecular formula is C29H27BrN4O4. The van der Waals surface area contributed by atoms with Crippen LogP contribution in [0.1, 0.15) is 33.7 Å². The zero-order valence-electron chi connectivity index (χ0n) is 21.4. The Balaban J connectivity index is 1.84. The molecule has 0 radical (unpaired) electrons.